The molecule has 11 heavy (non-hydrogen) atoms. The van der Waals surface area contributed by atoms with E-state index in [9.17, 15) is 0 Å². The molecule has 0 bridgehead atoms. The first kappa shape index (κ1) is 7.88. The van der Waals surface area contributed by atoms with Crippen LogP contribution < -0.4 is 0 Å². The Kier molecular flexibility index (Phi) is 2.74. The minimum Gasteiger partial charge on any atom is -0.0982 e. The van der Waals surface area contributed by atoms with Crippen molar-refractivity contribution in [2.75, 3.05) is 0 Å². The lowest BCUT2D eigenvalue weighted by Crippen LogP contribution is -1.78. The average molecular weight is 144 g/mol. The third kappa shape index (κ3) is 2.13. The molecule has 0 saturated carbocycles. The molecule has 0 nitrogen and oxygen atoms in total. The van der Waals surface area contributed by atoms with Crippen LogP contribution in [0.15, 0.2) is 24.3 Å². The Hall–Kier alpha value is -1.22. The monoisotopic (exact) mass is 144 g/mol. The van der Waals surface area contributed by atoms with Gasteiger partial charge in [0.1, 0.15) is 0 Å². The third-order valence-electron chi connectivity index (χ3n) is 1.54. The molecule has 1 rings (SSSR count). The fourth-order valence-electron chi connectivity index (χ4n) is 0.897. The number of hydrogen-bond donors (Lipinski definition) is 0. The summed E-state index contributed by atoms with van der Waals surface area (Å²) in [5.41, 5.74) is 2.41. The molecule has 0 radical (unpaired) electrons. The standard InChI is InChI=1S/C11H12/c1-3-4-8-11-9-6-5-7-10(11)2/h5-7,9H,3H2,1-2H3. The number of aryl methyl sites for hydroxylation is 1. The Balaban J connectivity index is 2.95. The summed E-state index contributed by atoms with van der Waals surface area (Å²) in [4.78, 5) is 0. The van der Waals surface area contributed by atoms with E-state index in [2.05, 4.69) is 37.8 Å². The zero-order chi connectivity index (χ0) is 8.10. The van der Waals surface area contributed by atoms with Gasteiger partial charge in [0.15, 0.2) is 0 Å². The van der Waals surface area contributed by atoms with Crippen molar-refractivity contribution < 1.29 is 0 Å². The van der Waals surface area contributed by atoms with Gasteiger partial charge in [0.25, 0.3) is 0 Å². The van der Waals surface area contributed by atoms with Crippen molar-refractivity contribution in [3.05, 3.63) is 35.4 Å². The number of benzene rings is 1. The quantitative estimate of drug-likeness (QED) is 0.491. The molecule has 0 amide bonds. The summed E-state index contributed by atoms with van der Waals surface area (Å²) >= 11 is 0. The van der Waals surface area contributed by atoms with Gasteiger partial charge in [0.05, 0.1) is 0 Å². The highest BCUT2D eigenvalue weighted by atomic mass is 13.9. The van der Waals surface area contributed by atoms with E-state index < -0.39 is 0 Å². The van der Waals surface area contributed by atoms with Gasteiger partial charge in [-0.1, -0.05) is 37.0 Å². The molecule has 0 atom stereocenters. The first-order valence-corrected chi connectivity index (χ1v) is 3.89. The molecule has 0 spiro atoms. The maximum Gasteiger partial charge on any atom is 0.0274 e. The molecule has 0 aliphatic heterocycles. The maximum atomic E-state index is 3.11. The zero-order valence-corrected chi connectivity index (χ0v) is 7.02. The first-order valence-electron chi connectivity index (χ1n) is 3.89. The highest BCUT2D eigenvalue weighted by Gasteiger charge is 1.88. The molecular formula is C11H12. The van der Waals surface area contributed by atoms with Crippen molar-refractivity contribution in [3.8, 4) is 11.8 Å². The number of rotatable bonds is 0. The van der Waals surface area contributed by atoms with Crippen LogP contribution in [0.3, 0.4) is 0 Å². The summed E-state index contributed by atoms with van der Waals surface area (Å²) < 4.78 is 0. The molecule has 0 fully saturated rings. The Morgan fingerprint density at radius 1 is 1.27 bits per heavy atom. The van der Waals surface area contributed by atoms with Crippen molar-refractivity contribution in [1.29, 1.82) is 0 Å². The van der Waals surface area contributed by atoms with E-state index in [1.807, 2.05) is 12.1 Å². The summed E-state index contributed by atoms with van der Waals surface area (Å²) in [6.07, 6.45) is 0.925. The average Bonchev–Trinajstić information content (AvgIpc) is 2.03. The second kappa shape index (κ2) is 3.83. The molecule has 0 saturated heterocycles. The summed E-state index contributed by atoms with van der Waals surface area (Å²) in [6.45, 7) is 4.14. The second-order valence-electron chi connectivity index (χ2n) is 2.47. The molecule has 0 aliphatic rings. The van der Waals surface area contributed by atoms with Gasteiger partial charge in [-0.05, 0) is 18.6 Å². The molecule has 0 heteroatoms. The van der Waals surface area contributed by atoms with Crippen LogP contribution in [0.2, 0.25) is 0 Å². The summed E-state index contributed by atoms with van der Waals surface area (Å²) in [7, 11) is 0. The third-order valence-corrected chi connectivity index (χ3v) is 1.54. The van der Waals surface area contributed by atoms with Crippen LogP contribution in [0.5, 0.6) is 0 Å². The van der Waals surface area contributed by atoms with Crippen LogP contribution in [0.25, 0.3) is 0 Å². The number of hydrogen-bond acceptors (Lipinski definition) is 0. The minimum atomic E-state index is 0.925. The van der Waals surface area contributed by atoms with Gasteiger partial charge in [0, 0.05) is 12.0 Å². The Bertz CT molecular complexity index is 286. The van der Waals surface area contributed by atoms with Crippen molar-refractivity contribution in [1.82, 2.24) is 0 Å². The molecule has 1 aromatic carbocycles. The fourth-order valence-corrected chi connectivity index (χ4v) is 0.897. The highest BCUT2D eigenvalue weighted by molar-refractivity contribution is 5.40. The molecule has 0 unspecified atom stereocenters. The zero-order valence-electron chi connectivity index (χ0n) is 7.02. The van der Waals surface area contributed by atoms with Crippen molar-refractivity contribution in [2.45, 2.75) is 20.3 Å². The van der Waals surface area contributed by atoms with Gasteiger partial charge in [-0.3, -0.25) is 0 Å². The largest absolute Gasteiger partial charge is 0.0982 e. The molecule has 0 N–H and O–H groups in total. The molecular weight excluding hydrogens is 132 g/mol. The van der Waals surface area contributed by atoms with E-state index in [1.165, 1.54) is 5.56 Å². The predicted octanol–water partition coefficient (Wildman–Crippen LogP) is 2.76. The van der Waals surface area contributed by atoms with Crippen LogP contribution in [-0.4, -0.2) is 0 Å². The van der Waals surface area contributed by atoms with E-state index in [4.69, 9.17) is 0 Å². The Morgan fingerprint density at radius 2 is 2.00 bits per heavy atom. The van der Waals surface area contributed by atoms with Crippen LogP contribution in [0, 0.1) is 18.8 Å². The van der Waals surface area contributed by atoms with Crippen molar-refractivity contribution >= 4 is 0 Å². The smallest absolute Gasteiger partial charge is 0.0274 e. The van der Waals surface area contributed by atoms with E-state index in [0.717, 1.165) is 12.0 Å². The molecule has 56 valence electrons. The van der Waals surface area contributed by atoms with E-state index in [1.54, 1.807) is 0 Å². The van der Waals surface area contributed by atoms with Crippen LogP contribution in [-0.2, 0) is 0 Å². The summed E-state index contributed by atoms with van der Waals surface area (Å²) in [6, 6.07) is 8.19. The van der Waals surface area contributed by atoms with Crippen LogP contribution >= 0.6 is 0 Å². The predicted molar refractivity (Wildman–Crippen MR) is 48.3 cm³/mol. The normalized spacial score (nSPS) is 8.55. The van der Waals surface area contributed by atoms with Crippen LogP contribution in [0.1, 0.15) is 24.5 Å². The van der Waals surface area contributed by atoms with Crippen molar-refractivity contribution in [2.24, 2.45) is 0 Å². The second-order valence-corrected chi connectivity index (χ2v) is 2.47. The first-order chi connectivity index (χ1) is 5.34. The Labute approximate surface area is 68.3 Å². The van der Waals surface area contributed by atoms with Crippen molar-refractivity contribution in [3.63, 3.8) is 0 Å². The van der Waals surface area contributed by atoms with E-state index in [-0.39, 0.29) is 0 Å². The van der Waals surface area contributed by atoms with Gasteiger partial charge >= 0.3 is 0 Å². The summed E-state index contributed by atoms with van der Waals surface area (Å²) in [5, 5.41) is 0. The highest BCUT2D eigenvalue weighted by Crippen LogP contribution is 2.04. The Morgan fingerprint density at radius 3 is 2.64 bits per heavy atom. The molecule has 0 heterocycles. The lowest BCUT2D eigenvalue weighted by molar-refractivity contribution is 1.28. The lowest BCUT2D eigenvalue weighted by Gasteiger charge is -1.93. The van der Waals surface area contributed by atoms with Gasteiger partial charge in [-0.15, -0.1) is 0 Å². The topological polar surface area (TPSA) is 0 Å². The molecule has 1 aromatic rings. The van der Waals surface area contributed by atoms with Crippen LogP contribution in [0.4, 0.5) is 0 Å². The van der Waals surface area contributed by atoms with E-state index >= 15 is 0 Å². The van der Waals surface area contributed by atoms with Gasteiger partial charge < -0.3 is 0 Å². The lowest BCUT2D eigenvalue weighted by atomic mass is 10.1. The molecule has 0 aliphatic carbocycles. The minimum absolute atomic E-state index is 0.925. The maximum absolute atomic E-state index is 3.11. The van der Waals surface area contributed by atoms with Gasteiger partial charge in [-0.2, -0.15) is 0 Å². The summed E-state index contributed by atoms with van der Waals surface area (Å²) in [5.74, 6) is 6.17. The SMILES string of the molecule is CCC#Cc1ccccc1C. The van der Waals surface area contributed by atoms with E-state index in [0.29, 0.717) is 0 Å². The fraction of sp³-hybridized carbons (Fsp3) is 0.273. The van der Waals surface area contributed by atoms with Gasteiger partial charge in [0.2, 0.25) is 0 Å². The van der Waals surface area contributed by atoms with Gasteiger partial charge in [-0.25, -0.2) is 0 Å². The molecule has 0 aromatic heterocycles.